The van der Waals surface area contributed by atoms with Gasteiger partial charge in [0.15, 0.2) is 0 Å². The summed E-state index contributed by atoms with van der Waals surface area (Å²) in [7, 11) is 0. The highest BCUT2D eigenvalue weighted by Crippen LogP contribution is 2.25. The van der Waals surface area contributed by atoms with E-state index in [2.05, 4.69) is 37.5 Å². The van der Waals surface area contributed by atoms with Crippen molar-refractivity contribution in [2.45, 2.75) is 27.7 Å². The average molecular weight is 152 g/mol. The molecule has 0 heterocycles. The van der Waals surface area contributed by atoms with Gasteiger partial charge in [-0.05, 0) is 13.6 Å². The highest BCUT2D eigenvalue weighted by Gasteiger charge is 2.15. The van der Waals surface area contributed by atoms with Crippen LogP contribution in [0.1, 0.15) is 27.7 Å². The number of aliphatic imine (C=N–C) groups is 2. The Hall–Kier alpha value is -0.920. The minimum atomic E-state index is 0.0493. The number of hydrogen-bond acceptors (Lipinski definition) is 2. The average Bonchev–Trinajstić information content (AvgIpc) is 1.85. The lowest BCUT2D eigenvalue weighted by molar-refractivity contribution is 0.497. The van der Waals surface area contributed by atoms with Gasteiger partial charge in [0.1, 0.15) is 0 Å². The van der Waals surface area contributed by atoms with Crippen LogP contribution in [0.15, 0.2) is 21.9 Å². The third kappa shape index (κ3) is 3.71. The fourth-order valence-corrected chi connectivity index (χ4v) is 0.646. The summed E-state index contributed by atoms with van der Waals surface area (Å²) >= 11 is 0. The summed E-state index contributed by atoms with van der Waals surface area (Å²) in [6, 6.07) is 0. The van der Waals surface area contributed by atoms with Gasteiger partial charge in [0, 0.05) is 17.8 Å². The molecule has 2 nitrogen and oxygen atoms in total. The summed E-state index contributed by atoms with van der Waals surface area (Å²) in [4.78, 5) is 7.88. The summed E-state index contributed by atoms with van der Waals surface area (Å²) in [5.41, 5.74) is 1.00. The molecule has 0 fully saturated rings. The molecule has 11 heavy (non-hydrogen) atoms. The maximum absolute atomic E-state index is 4.19. The van der Waals surface area contributed by atoms with Gasteiger partial charge in [0.2, 0.25) is 0 Å². The lowest BCUT2D eigenvalue weighted by atomic mass is 9.93. The molecule has 62 valence electrons. The zero-order valence-corrected chi connectivity index (χ0v) is 7.76. The van der Waals surface area contributed by atoms with Gasteiger partial charge < -0.3 is 0 Å². The van der Waals surface area contributed by atoms with Crippen molar-refractivity contribution in [1.29, 1.82) is 0 Å². The SMILES string of the molecule is C=N/C=C(\N=CC)C(C)(C)C. The van der Waals surface area contributed by atoms with Gasteiger partial charge in [0.05, 0.1) is 5.70 Å². The van der Waals surface area contributed by atoms with E-state index in [4.69, 9.17) is 0 Å². The highest BCUT2D eigenvalue weighted by atomic mass is 14.8. The van der Waals surface area contributed by atoms with E-state index >= 15 is 0 Å². The lowest BCUT2D eigenvalue weighted by Gasteiger charge is -2.17. The molecule has 0 aromatic rings. The van der Waals surface area contributed by atoms with Crippen molar-refractivity contribution in [2.75, 3.05) is 0 Å². The van der Waals surface area contributed by atoms with Crippen LogP contribution in [0.5, 0.6) is 0 Å². The molecule has 0 aromatic carbocycles. The lowest BCUT2D eigenvalue weighted by Crippen LogP contribution is -2.07. The van der Waals surface area contributed by atoms with E-state index in [9.17, 15) is 0 Å². The molecule has 0 bridgehead atoms. The molecule has 0 saturated heterocycles. The molecule has 0 aromatic heterocycles. The third-order valence-corrected chi connectivity index (χ3v) is 1.25. The molecule has 0 aliphatic heterocycles. The van der Waals surface area contributed by atoms with Crippen molar-refractivity contribution >= 4 is 12.9 Å². The molecular weight excluding hydrogens is 136 g/mol. The van der Waals surface area contributed by atoms with Crippen molar-refractivity contribution in [1.82, 2.24) is 0 Å². The van der Waals surface area contributed by atoms with Crippen LogP contribution in [0.3, 0.4) is 0 Å². The molecule has 2 heteroatoms. The van der Waals surface area contributed by atoms with Crippen LogP contribution in [0.2, 0.25) is 0 Å². The molecule has 0 aliphatic rings. The maximum atomic E-state index is 4.19. The summed E-state index contributed by atoms with van der Waals surface area (Å²) < 4.78 is 0. The third-order valence-electron chi connectivity index (χ3n) is 1.25. The van der Waals surface area contributed by atoms with Crippen molar-refractivity contribution in [3.63, 3.8) is 0 Å². The van der Waals surface area contributed by atoms with Gasteiger partial charge in [-0.25, -0.2) is 0 Å². The zero-order valence-electron chi connectivity index (χ0n) is 7.76. The molecule has 0 rings (SSSR count). The maximum Gasteiger partial charge on any atom is 0.0635 e. The quantitative estimate of drug-likeness (QED) is 0.543. The standard InChI is InChI=1S/C9H16N2/c1-6-11-8(7-10-5)9(2,3)4/h6-7H,5H2,1-4H3/b8-7-,11-6?. The molecule has 0 spiro atoms. The highest BCUT2D eigenvalue weighted by molar-refractivity contribution is 5.55. The molecule has 0 aliphatic carbocycles. The predicted molar refractivity (Wildman–Crippen MR) is 51.3 cm³/mol. The van der Waals surface area contributed by atoms with Gasteiger partial charge in [0.25, 0.3) is 0 Å². The van der Waals surface area contributed by atoms with Crippen LogP contribution in [-0.2, 0) is 0 Å². The van der Waals surface area contributed by atoms with Gasteiger partial charge in [-0.15, -0.1) is 0 Å². The Balaban J connectivity index is 4.61. The monoisotopic (exact) mass is 152 g/mol. The Kier molecular flexibility index (Phi) is 3.72. The van der Waals surface area contributed by atoms with E-state index in [1.807, 2.05) is 6.92 Å². The van der Waals surface area contributed by atoms with E-state index in [-0.39, 0.29) is 5.41 Å². The van der Waals surface area contributed by atoms with Crippen LogP contribution in [0.25, 0.3) is 0 Å². The van der Waals surface area contributed by atoms with E-state index in [1.54, 1.807) is 12.4 Å². The zero-order chi connectivity index (χ0) is 8.91. The Labute approximate surface area is 68.8 Å². The van der Waals surface area contributed by atoms with Gasteiger partial charge >= 0.3 is 0 Å². The van der Waals surface area contributed by atoms with E-state index in [0.717, 1.165) is 5.70 Å². The van der Waals surface area contributed by atoms with Crippen molar-refractivity contribution < 1.29 is 0 Å². The summed E-state index contributed by atoms with van der Waals surface area (Å²) in [6.07, 6.45) is 3.46. The molecule has 0 atom stereocenters. The molecule has 0 amide bonds. The minimum Gasteiger partial charge on any atom is -0.271 e. The number of rotatable bonds is 2. The van der Waals surface area contributed by atoms with Crippen molar-refractivity contribution in [3.05, 3.63) is 11.9 Å². The van der Waals surface area contributed by atoms with Gasteiger partial charge in [-0.1, -0.05) is 20.8 Å². The second-order valence-corrected chi connectivity index (χ2v) is 3.33. The Bertz CT molecular complexity index is 182. The molecule has 0 N–H and O–H groups in total. The smallest absolute Gasteiger partial charge is 0.0635 e. The summed E-state index contributed by atoms with van der Waals surface area (Å²) in [6.45, 7) is 11.6. The number of allylic oxidation sites excluding steroid dienone is 1. The fourth-order valence-electron chi connectivity index (χ4n) is 0.646. The number of hydrogen-bond donors (Lipinski definition) is 0. The van der Waals surface area contributed by atoms with Crippen LogP contribution < -0.4 is 0 Å². The van der Waals surface area contributed by atoms with Crippen molar-refractivity contribution in [3.8, 4) is 0 Å². The Morgan fingerprint density at radius 1 is 1.36 bits per heavy atom. The van der Waals surface area contributed by atoms with Crippen LogP contribution >= 0.6 is 0 Å². The Morgan fingerprint density at radius 3 is 2.18 bits per heavy atom. The minimum absolute atomic E-state index is 0.0493. The molecule has 0 saturated carbocycles. The van der Waals surface area contributed by atoms with Gasteiger partial charge in [-0.2, -0.15) is 0 Å². The normalized spacial score (nSPS) is 14.0. The molecule has 0 unspecified atom stereocenters. The van der Waals surface area contributed by atoms with E-state index < -0.39 is 0 Å². The first-order valence-corrected chi connectivity index (χ1v) is 3.67. The predicted octanol–water partition coefficient (Wildman–Crippen LogP) is 2.67. The van der Waals surface area contributed by atoms with Gasteiger partial charge in [-0.3, -0.25) is 9.98 Å². The van der Waals surface area contributed by atoms with E-state index in [1.165, 1.54) is 0 Å². The Morgan fingerprint density at radius 2 is 1.91 bits per heavy atom. The second-order valence-electron chi connectivity index (χ2n) is 3.33. The summed E-state index contributed by atoms with van der Waals surface area (Å²) in [5.74, 6) is 0. The summed E-state index contributed by atoms with van der Waals surface area (Å²) in [5, 5.41) is 0. The fraction of sp³-hybridized carbons (Fsp3) is 0.556. The van der Waals surface area contributed by atoms with Crippen LogP contribution in [0, 0.1) is 5.41 Å². The topological polar surface area (TPSA) is 24.7 Å². The largest absolute Gasteiger partial charge is 0.271 e. The first kappa shape index (κ1) is 10.1. The van der Waals surface area contributed by atoms with E-state index in [0.29, 0.717) is 0 Å². The second kappa shape index (κ2) is 4.06. The van der Waals surface area contributed by atoms with Crippen LogP contribution in [0.4, 0.5) is 0 Å². The molecule has 0 radical (unpaired) electrons. The first-order chi connectivity index (χ1) is 5.02. The molecular formula is C9H16N2. The van der Waals surface area contributed by atoms with Crippen LogP contribution in [-0.4, -0.2) is 12.9 Å². The first-order valence-electron chi connectivity index (χ1n) is 3.67. The number of nitrogens with zero attached hydrogens (tertiary/aromatic N) is 2. The van der Waals surface area contributed by atoms with Crippen molar-refractivity contribution in [2.24, 2.45) is 15.4 Å².